The fourth-order valence-corrected chi connectivity index (χ4v) is 3.40. The molecule has 108 valence electrons. The molecule has 1 unspecified atom stereocenters. The Morgan fingerprint density at radius 3 is 2.85 bits per heavy atom. The molecule has 0 aliphatic carbocycles. The minimum absolute atomic E-state index is 0.357. The molecule has 1 aromatic heterocycles. The lowest BCUT2D eigenvalue weighted by Gasteiger charge is -2.29. The third-order valence-corrected chi connectivity index (χ3v) is 4.30. The van der Waals surface area contributed by atoms with Gasteiger partial charge in [0.05, 0.1) is 24.2 Å². The number of nitrogens with zero attached hydrogens (tertiary/aromatic N) is 2. The molecule has 1 atom stereocenters. The van der Waals surface area contributed by atoms with Gasteiger partial charge in [-0.2, -0.15) is 0 Å². The molecule has 1 N–H and O–H groups in total. The first-order valence-corrected chi connectivity index (χ1v) is 7.57. The van der Waals surface area contributed by atoms with Gasteiger partial charge in [0.25, 0.3) is 0 Å². The highest BCUT2D eigenvalue weighted by Gasteiger charge is 2.17. The fraction of sp³-hybridized carbons (Fsp3) is 0.533. The predicted molar refractivity (Wildman–Crippen MR) is 83.8 cm³/mol. The largest absolute Gasteiger partial charge is 0.379 e. The van der Waals surface area contributed by atoms with E-state index in [4.69, 9.17) is 17.0 Å². The SMILES string of the molecule is Cc1cccc2[nH]c(=S)n(C(C)CN3CCOCC3)c12. The zero-order chi connectivity index (χ0) is 14.1. The molecule has 3 rings (SSSR count). The van der Waals surface area contributed by atoms with E-state index in [9.17, 15) is 0 Å². The maximum Gasteiger partial charge on any atom is 0.178 e. The Kier molecular flexibility index (Phi) is 3.92. The van der Waals surface area contributed by atoms with Gasteiger partial charge in [-0.1, -0.05) is 12.1 Å². The standard InChI is InChI=1S/C15H21N3OS/c1-11-4-3-5-13-14(11)18(15(20)16-13)12(2)10-17-6-8-19-9-7-17/h3-5,12H,6-10H2,1-2H3,(H,16,20). The van der Waals surface area contributed by atoms with Crippen molar-refractivity contribution in [3.63, 3.8) is 0 Å². The highest BCUT2D eigenvalue weighted by Crippen LogP contribution is 2.23. The van der Waals surface area contributed by atoms with E-state index >= 15 is 0 Å². The summed E-state index contributed by atoms with van der Waals surface area (Å²) in [7, 11) is 0. The summed E-state index contributed by atoms with van der Waals surface area (Å²) in [6.45, 7) is 9.10. The van der Waals surface area contributed by atoms with Gasteiger partial charge in [-0.25, -0.2) is 0 Å². The number of aromatic nitrogens is 2. The second-order valence-electron chi connectivity index (χ2n) is 5.53. The van der Waals surface area contributed by atoms with Crippen LogP contribution in [0.15, 0.2) is 18.2 Å². The van der Waals surface area contributed by atoms with Gasteiger partial charge in [-0.15, -0.1) is 0 Å². The molecule has 1 aliphatic heterocycles. The average Bonchev–Trinajstić information content (AvgIpc) is 2.77. The summed E-state index contributed by atoms with van der Waals surface area (Å²) < 4.78 is 8.48. The molecular formula is C15H21N3OS. The van der Waals surface area contributed by atoms with Gasteiger partial charge in [0.15, 0.2) is 4.77 Å². The van der Waals surface area contributed by atoms with Crippen molar-refractivity contribution in [1.29, 1.82) is 0 Å². The van der Waals surface area contributed by atoms with E-state index in [1.807, 2.05) is 0 Å². The first-order chi connectivity index (χ1) is 9.66. The van der Waals surface area contributed by atoms with Crippen molar-refractivity contribution in [3.05, 3.63) is 28.5 Å². The number of benzene rings is 1. The molecule has 5 heteroatoms. The number of fused-ring (bicyclic) bond motifs is 1. The number of rotatable bonds is 3. The van der Waals surface area contributed by atoms with Gasteiger partial charge in [0, 0.05) is 25.7 Å². The maximum atomic E-state index is 5.52. The minimum Gasteiger partial charge on any atom is -0.379 e. The van der Waals surface area contributed by atoms with Crippen LogP contribution in [0.4, 0.5) is 0 Å². The molecular weight excluding hydrogens is 270 g/mol. The van der Waals surface area contributed by atoms with E-state index in [1.165, 1.54) is 11.1 Å². The monoisotopic (exact) mass is 291 g/mol. The molecule has 1 aliphatic rings. The van der Waals surface area contributed by atoms with Crippen molar-refractivity contribution in [2.45, 2.75) is 19.9 Å². The van der Waals surface area contributed by atoms with Gasteiger partial charge >= 0.3 is 0 Å². The van der Waals surface area contributed by atoms with Crippen molar-refractivity contribution in [1.82, 2.24) is 14.5 Å². The lowest BCUT2D eigenvalue weighted by Crippen LogP contribution is -2.39. The normalized spacial score (nSPS) is 18.5. The van der Waals surface area contributed by atoms with Crippen LogP contribution >= 0.6 is 12.2 Å². The van der Waals surface area contributed by atoms with Crippen molar-refractivity contribution in [2.24, 2.45) is 0 Å². The van der Waals surface area contributed by atoms with Gasteiger partial charge < -0.3 is 14.3 Å². The van der Waals surface area contributed by atoms with Gasteiger partial charge in [-0.3, -0.25) is 4.90 Å². The van der Waals surface area contributed by atoms with Crippen LogP contribution in [0.3, 0.4) is 0 Å². The van der Waals surface area contributed by atoms with Crippen LogP contribution in [0.25, 0.3) is 11.0 Å². The van der Waals surface area contributed by atoms with Crippen LogP contribution in [0, 0.1) is 11.7 Å². The molecule has 1 aromatic carbocycles. The Hall–Kier alpha value is -1.17. The van der Waals surface area contributed by atoms with Crippen molar-refractivity contribution in [2.75, 3.05) is 32.8 Å². The fourth-order valence-electron chi connectivity index (χ4n) is 3.02. The second-order valence-corrected chi connectivity index (χ2v) is 5.92. The van der Waals surface area contributed by atoms with E-state index in [0.29, 0.717) is 6.04 Å². The van der Waals surface area contributed by atoms with Crippen molar-refractivity contribution >= 4 is 23.3 Å². The van der Waals surface area contributed by atoms with E-state index in [2.05, 4.69) is 46.5 Å². The Morgan fingerprint density at radius 1 is 1.35 bits per heavy atom. The second kappa shape index (κ2) is 5.68. The van der Waals surface area contributed by atoms with Crippen LogP contribution in [0.2, 0.25) is 0 Å². The number of aromatic amines is 1. The molecule has 0 saturated carbocycles. The molecule has 0 radical (unpaired) electrons. The molecule has 2 aromatic rings. The molecule has 2 heterocycles. The molecule has 0 bridgehead atoms. The smallest absolute Gasteiger partial charge is 0.178 e. The lowest BCUT2D eigenvalue weighted by molar-refractivity contribution is 0.0327. The highest BCUT2D eigenvalue weighted by atomic mass is 32.1. The van der Waals surface area contributed by atoms with E-state index < -0.39 is 0 Å². The molecule has 0 spiro atoms. The molecule has 4 nitrogen and oxygen atoms in total. The molecule has 20 heavy (non-hydrogen) atoms. The highest BCUT2D eigenvalue weighted by molar-refractivity contribution is 7.71. The summed E-state index contributed by atoms with van der Waals surface area (Å²) in [4.78, 5) is 5.77. The third-order valence-electron chi connectivity index (χ3n) is 4.01. The maximum absolute atomic E-state index is 5.52. The number of hydrogen-bond donors (Lipinski definition) is 1. The summed E-state index contributed by atoms with van der Waals surface area (Å²) >= 11 is 5.52. The Labute approximate surface area is 124 Å². The van der Waals surface area contributed by atoms with E-state index in [0.717, 1.165) is 43.1 Å². The number of aryl methyl sites for hydroxylation is 1. The van der Waals surface area contributed by atoms with Crippen molar-refractivity contribution < 1.29 is 4.74 Å². The van der Waals surface area contributed by atoms with Crippen LogP contribution < -0.4 is 0 Å². The van der Waals surface area contributed by atoms with Crippen LogP contribution in [0.5, 0.6) is 0 Å². The number of ether oxygens (including phenoxy) is 1. The predicted octanol–water partition coefficient (Wildman–Crippen LogP) is 2.90. The topological polar surface area (TPSA) is 33.2 Å². The quantitative estimate of drug-likeness (QED) is 0.883. The van der Waals surface area contributed by atoms with Crippen LogP contribution in [0.1, 0.15) is 18.5 Å². The summed E-state index contributed by atoms with van der Waals surface area (Å²) in [6, 6.07) is 6.66. The number of H-pyrrole nitrogens is 1. The zero-order valence-corrected chi connectivity index (χ0v) is 12.9. The summed E-state index contributed by atoms with van der Waals surface area (Å²) in [5.41, 5.74) is 3.63. The third kappa shape index (κ3) is 2.53. The number of imidazole rings is 1. The van der Waals surface area contributed by atoms with Gasteiger partial charge in [-0.05, 0) is 37.7 Å². The number of nitrogens with one attached hydrogen (secondary N) is 1. The lowest BCUT2D eigenvalue weighted by atomic mass is 10.2. The summed E-state index contributed by atoms with van der Waals surface area (Å²) in [5, 5.41) is 0. The number of morpholine rings is 1. The van der Waals surface area contributed by atoms with Gasteiger partial charge in [0.1, 0.15) is 0 Å². The van der Waals surface area contributed by atoms with Crippen LogP contribution in [-0.4, -0.2) is 47.3 Å². The van der Waals surface area contributed by atoms with Crippen LogP contribution in [-0.2, 0) is 4.74 Å². The first kappa shape index (κ1) is 13.8. The average molecular weight is 291 g/mol. The summed E-state index contributed by atoms with van der Waals surface area (Å²) in [6.07, 6.45) is 0. The molecule has 1 fully saturated rings. The van der Waals surface area contributed by atoms with Gasteiger partial charge in [0.2, 0.25) is 0 Å². The number of hydrogen-bond acceptors (Lipinski definition) is 3. The Morgan fingerprint density at radius 2 is 2.10 bits per heavy atom. The summed E-state index contributed by atoms with van der Waals surface area (Å²) in [5.74, 6) is 0. The van der Waals surface area contributed by atoms with Crippen molar-refractivity contribution in [3.8, 4) is 0 Å². The number of para-hydroxylation sites is 1. The van der Waals surface area contributed by atoms with E-state index in [-0.39, 0.29) is 0 Å². The minimum atomic E-state index is 0.357. The van der Waals surface area contributed by atoms with E-state index in [1.54, 1.807) is 0 Å². The molecule has 1 saturated heterocycles. The zero-order valence-electron chi connectivity index (χ0n) is 12.1. The Balaban J connectivity index is 1.92. The first-order valence-electron chi connectivity index (χ1n) is 7.17. The molecule has 0 amide bonds. The Bertz CT molecular complexity index is 655.